The van der Waals surface area contributed by atoms with Crippen LogP contribution in [0.4, 0.5) is 4.39 Å². The number of fused-ring (bicyclic) bond motifs is 2. The maximum absolute atomic E-state index is 14.4. The quantitative estimate of drug-likeness (QED) is 0.636. The van der Waals surface area contributed by atoms with Gasteiger partial charge in [0.25, 0.3) is 5.91 Å². The molecule has 2 aliphatic carbocycles. The highest BCUT2D eigenvalue weighted by molar-refractivity contribution is 7.82. The Morgan fingerprint density at radius 2 is 2.11 bits per heavy atom. The van der Waals surface area contributed by atoms with E-state index in [2.05, 4.69) is 18.6 Å². The van der Waals surface area contributed by atoms with Crippen molar-refractivity contribution in [3.8, 4) is 5.75 Å². The minimum atomic E-state index is -1.59. The van der Waals surface area contributed by atoms with Crippen LogP contribution in [0.15, 0.2) is 12.1 Å². The van der Waals surface area contributed by atoms with Gasteiger partial charge in [-0.25, -0.2) is 8.60 Å². The summed E-state index contributed by atoms with van der Waals surface area (Å²) in [6.45, 7) is 4.81. The molecule has 0 heterocycles. The lowest BCUT2D eigenvalue weighted by Crippen LogP contribution is -2.47. The van der Waals surface area contributed by atoms with E-state index < -0.39 is 22.7 Å². The topological polar surface area (TPSA) is 55.4 Å². The van der Waals surface area contributed by atoms with Crippen LogP contribution in [0.3, 0.4) is 0 Å². The van der Waals surface area contributed by atoms with Crippen molar-refractivity contribution < 1.29 is 18.1 Å². The van der Waals surface area contributed by atoms with Crippen molar-refractivity contribution in [3.05, 3.63) is 28.5 Å². The molecule has 4 nitrogen and oxygen atoms in total. The van der Waals surface area contributed by atoms with Crippen LogP contribution in [0.1, 0.15) is 56.3 Å². The molecule has 3 rings (SSSR count). The first-order valence-electron chi connectivity index (χ1n) is 9.44. The maximum atomic E-state index is 14.4. The zero-order chi connectivity index (χ0) is 20.7. The van der Waals surface area contributed by atoms with Crippen molar-refractivity contribution in [2.45, 2.75) is 50.8 Å². The predicted octanol–water partition coefficient (Wildman–Crippen LogP) is 5.10. The van der Waals surface area contributed by atoms with Gasteiger partial charge in [-0.1, -0.05) is 25.4 Å². The van der Waals surface area contributed by atoms with E-state index in [4.69, 9.17) is 27.9 Å². The van der Waals surface area contributed by atoms with E-state index in [0.29, 0.717) is 18.4 Å². The Morgan fingerprint density at radius 3 is 2.75 bits per heavy atom. The van der Waals surface area contributed by atoms with Gasteiger partial charge < -0.3 is 4.74 Å². The molecule has 0 saturated heterocycles. The second-order valence-corrected chi connectivity index (χ2v) is 11.2. The lowest BCUT2D eigenvalue weighted by atomic mass is 9.59. The van der Waals surface area contributed by atoms with Crippen molar-refractivity contribution in [2.75, 3.05) is 12.9 Å². The Balaban J connectivity index is 1.71. The molecule has 1 aromatic carbocycles. The fourth-order valence-electron chi connectivity index (χ4n) is 5.16. The zero-order valence-corrected chi connectivity index (χ0v) is 18.6. The Hall–Kier alpha value is -0.850. The summed E-state index contributed by atoms with van der Waals surface area (Å²) >= 11 is 13.1. The van der Waals surface area contributed by atoms with Gasteiger partial charge in [-0.15, -0.1) is 11.6 Å². The number of carbonyl (C=O) groups excluding carboxylic acids is 1. The molecule has 2 fully saturated rings. The first-order chi connectivity index (χ1) is 13.0. The molecular formula is C20H26Cl2FNO3S. The number of halogens is 3. The molecular weight excluding hydrogens is 424 g/mol. The van der Waals surface area contributed by atoms with E-state index in [0.717, 1.165) is 31.7 Å². The highest BCUT2D eigenvalue weighted by Crippen LogP contribution is 2.55. The number of carbonyl (C=O) groups is 1. The number of amides is 1. The van der Waals surface area contributed by atoms with Gasteiger partial charge in [0.1, 0.15) is 22.6 Å². The van der Waals surface area contributed by atoms with Gasteiger partial charge in [0, 0.05) is 22.6 Å². The van der Waals surface area contributed by atoms with Crippen LogP contribution in [0.5, 0.6) is 5.75 Å². The molecule has 2 aliphatic rings. The van der Waals surface area contributed by atoms with Gasteiger partial charge in [0.05, 0.1) is 17.2 Å². The number of nitrogens with one attached hydrogen (secondary N) is 1. The molecule has 8 heteroatoms. The SMILES string of the molecule is CC1CC2CC(C)(COc3cc(F)c(C(=O)NS(C)=O)cc3Cl)CC(Cl)(C1)C2. The second-order valence-electron chi connectivity index (χ2n) is 8.89. The summed E-state index contributed by atoms with van der Waals surface area (Å²) in [5.74, 6) is -0.131. The fourth-order valence-corrected chi connectivity index (χ4v) is 6.55. The summed E-state index contributed by atoms with van der Waals surface area (Å²) in [4.78, 5) is 11.7. The molecule has 5 unspecified atom stereocenters. The lowest BCUT2D eigenvalue weighted by molar-refractivity contribution is 0.0266. The molecule has 5 atom stereocenters. The monoisotopic (exact) mass is 449 g/mol. The average molecular weight is 450 g/mol. The normalized spacial score (nSPS) is 33.2. The molecule has 2 bridgehead atoms. The molecule has 1 aromatic rings. The lowest BCUT2D eigenvalue weighted by Gasteiger charge is -2.51. The van der Waals surface area contributed by atoms with Crippen LogP contribution in [-0.2, 0) is 11.0 Å². The first-order valence-corrected chi connectivity index (χ1v) is 11.8. The van der Waals surface area contributed by atoms with Crippen LogP contribution < -0.4 is 9.46 Å². The zero-order valence-electron chi connectivity index (χ0n) is 16.3. The van der Waals surface area contributed by atoms with E-state index in [-0.39, 0.29) is 26.6 Å². The van der Waals surface area contributed by atoms with E-state index in [9.17, 15) is 13.4 Å². The van der Waals surface area contributed by atoms with Crippen LogP contribution >= 0.6 is 23.2 Å². The second kappa shape index (κ2) is 8.11. The van der Waals surface area contributed by atoms with Gasteiger partial charge in [0.2, 0.25) is 0 Å². The number of hydrogen-bond donors (Lipinski definition) is 1. The number of alkyl halides is 1. The standard InChI is InChI=1S/C20H26Cl2FNO3S/c1-12-4-13-8-19(2,10-20(22,7-12)9-13)11-27-17-6-16(23)14(5-15(17)21)18(25)24-28(3)26/h5-6,12-13H,4,7-11H2,1-3H3,(H,24,25). The average Bonchev–Trinajstić information content (AvgIpc) is 2.52. The summed E-state index contributed by atoms with van der Waals surface area (Å²) in [6, 6.07) is 2.32. The van der Waals surface area contributed by atoms with Crippen LogP contribution in [-0.4, -0.2) is 27.9 Å². The maximum Gasteiger partial charge on any atom is 0.265 e. The number of rotatable bonds is 5. The van der Waals surface area contributed by atoms with Crippen molar-refractivity contribution in [1.82, 2.24) is 4.72 Å². The highest BCUT2D eigenvalue weighted by Gasteiger charge is 2.49. The molecule has 1 amide bonds. The number of hydrogen-bond acceptors (Lipinski definition) is 3. The highest BCUT2D eigenvalue weighted by atomic mass is 35.5. The summed E-state index contributed by atoms with van der Waals surface area (Å²) in [6.07, 6.45) is 6.41. The smallest absolute Gasteiger partial charge is 0.265 e. The Morgan fingerprint density at radius 1 is 1.39 bits per heavy atom. The van der Waals surface area contributed by atoms with Gasteiger partial charge in [-0.3, -0.25) is 9.52 Å². The Labute approximate surface area is 178 Å². The van der Waals surface area contributed by atoms with Crippen molar-refractivity contribution in [2.24, 2.45) is 17.3 Å². The molecule has 0 spiro atoms. The third-order valence-corrected chi connectivity index (χ3v) is 6.92. The molecule has 156 valence electrons. The summed E-state index contributed by atoms with van der Waals surface area (Å²) in [5.41, 5.74) is -0.376. The van der Waals surface area contributed by atoms with Gasteiger partial charge in [0.15, 0.2) is 0 Å². The van der Waals surface area contributed by atoms with E-state index in [1.807, 2.05) is 0 Å². The van der Waals surface area contributed by atoms with Gasteiger partial charge >= 0.3 is 0 Å². The fraction of sp³-hybridized carbons (Fsp3) is 0.650. The van der Waals surface area contributed by atoms with E-state index in [1.54, 1.807) is 0 Å². The van der Waals surface area contributed by atoms with Crippen LogP contribution in [0, 0.1) is 23.1 Å². The molecule has 0 aromatic heterocycles. The molecule has 0 radical (unpaired) electrons. The number of benzene rings is 1. The third kappa shape index (κ3) is 5.00. The van der Waals surface area contributed by atoms with Crippen molar-refractivity contribution in [3.63, 3.8) is 0 Å². The summed E-state index contributed by atoms with van der Waals surface area (Å²) in [5, 5.41) is 0.141. The predicted molar refractivity (Wildman–Crippen MR) is 111 cm³/mol. The first kappa shape index (κ1) is 21.8. The van der Waals surface area contributed by atoms with E-state index >= 15 is 0 Å². The third-order valence-electron chi connectivity index (χ3n) is 5.71. The van der Waals surface area contributed by atoms with Crippen LogP contribution in [0.2, 0.25) is 5.02 Å². The number of ether oxygens (including phenoxy) is 1. The van der Waals surface area contributed by atoms with Crippen LogP contribution in [0.25, 0.3) is 0 Å². The Kier molecular flexibility index (Phi) is 6.33. The van der Waals surface area contributed by atoms with Gasteiger partial charge in [-0.05, 0) is 50.0 Å². The van der Waals surface area contributed by atoms with E-state index in [1.165, 1.54) is 18.7 Å². The minimum Gasteiger partial charge on any atom is -0.491 e. The Bertz CT molecular complexity index is 804. The molecule has 2 saturated carbocycles. The molecule has 28 heavy (non-hydrogen) atoms. The summed E-state index contributed by atoms with van der Waals surface area (Å²) < 4.78 is 33.5. The van der Waals surface area contributed by atoms with Gasteiger partial charge in [-0.2, -0.15) is 0 Å². The van der Waals surface area contributed by atoms with Crippen molar-refractivity contribution >= 4 is 40.1 Å². The largest absolute Gasteiger partial charge is 0.491 e. The van der Waals surface area contributed by atoms with Crippen molar-refractivity contribution in [1.29, 1.82) is 0 Å². The molecule has 0 aliphatic heterocycles. The molecule has 1 N–H and O–H groups in total. The minimum absolute atomic E-state index is 0.111. The summed E-state index contributed by atoms with van der Waals surface area (Å²) in [7, 11) is -1.59.